The Morgan fingerprint density at radius 2 is 2.00 bits per heavy atom. The van der Waals surface area contributed by atoms with E-state index in [1.165, 1.54) is 11.3 Å². The molecule has 0 spiro atoms. The number of ether oxygens (including phenoxy) is 1. The number of alkyl halides is 3. The number of aromatic nitrogens is 3. The normalized spacial score (nSPS) is 23.5. The number of aliphatic hydroxyl groups is 1. The second-order valence-electron chi connectivity index (χ2n) is 10.3. The average Bonchev–Trinajstić information content (AvgIpc) is 3.58. The molecule has 1 aromatic carbocycles. The van der Waals surface area contributed by atoms with Gasteiger partial charge in [0.25, 0.3) is 0 Å². The fourth-order valence-corrected chi connectivity index (χ4v) is 6.12. The maximum Gasteiger partial charge on any atom is 0.433 e. The van der Waals surface area contributed by atoms with Crippen molar-refractivity contribution >= 4 is 28.9 Å². The van der Waals surface area contributed by atoms with Crippen molar-refractivity contribution in [2.75, 3.05) is 18.5 Å². The van der Waals surface area contributed by atoms with Gasteiger partial charge in [0.2, 0.25) is 11.9 Å². The van der Waals surface area contributed by atoms with E-state index < -0.39 is 17.5 Å². The van der Waals surface area contributed by atoms with E-state index in [2.05, 4.69) is 25.6 Å². The summed E-state index contributed by atoms with van der Waals surface area (Å²) in [5, 5.41) is 18.0. The molecule has 1 amide bonds. The first-order valence-electron chi connectivity index (χ1n) is 12.9. The van der Waals surface area contributed by atoms with E-state index in [4.69, 9.17) is 4.74 Å². The molecule has 1 saturated heterocycles. The smallest absolute Gasteiger partial charge is 0.383 e. The molecular formula is C27H30F3N5O3S. The van der Waals surface area contributed by atoms with Crippen molar-refractivity contribution in [3.8, 4) is 10.4 Å². The number of amides is 1. The lowest BCUT2D eigenvalue weighted by molar-refractivity contribution is -0.141. The lowest BCUT2D eigenvalue weighted by Crippen LogP contribution is -2.42. The zero-order valence-corrected chi connectivity index (χ0v) is 22.2. The molecule has 0 bridgehead atoms. The van der Waals surface area contributed by atoms with E-state index in [0.717, 1.165) is 41.3 Å². The molecule has 5 rings (SSSR count). The van der Waals surface area contributed by atoms with Gasteiger partial charge >= 0.3 is 6.18 Å². The van der Waals surface area contributed by atoms with Crippen LogP contribution in [0.25, 0.3) is 10.4 Å². The van der Waals surface area contributed by atoms with E-state index in [-0.39, 0.29) is 23.8 Å². The van der Waals surface area contributed by atoms with Crippen LogP contribution < -0.4 is 10.6 Å². The second kappa shape index (κ2) is 11.2. The summed E-state index contributed by atoms with van der Waals surface area (Å²) in [5.41, 5.74) is 0.147. The predicted molar refractivity (Wildman–Crippen MR) is 140 cm³/mol. The predicted octanol–water partition coefficient (Wildman–Crippen LogP) is 5.34. The first kappa shape index (κ1) is 27.5. The van der Waals surface area contributed by atoms with Gasteiger partial charge in [-0.3, -0.25) is 4.79 Å². The lowest BCUT2D eigenvalue weighted by atomic mass is 9.82. The summed E-state index contributed by atoms with van der Waals surface area (Å²) in [6, 6.07) is 6.38. The van der Waals surface area contributed by atoms with Gasteiger partial charge in [-0.05, 0) is 74.3 Å². The topological polar surface area (TPSA) is 109 Å². The molecule has 2 aliphatic rings. The Labute approximate surface area is 228 Å². The average molecular weight is 562 g/mol. The highest BCUT2D eigenvalue weighted by atomic mass is 32.1. The third kappa shape index (κ3) is 6.74. The van der Waals surface area contributed by atoms with Gasteiger partial charge in [-0.15, -0.1) is 11.3 Å². The van der Waals surface area contributed by atoms with Crippen molar-refractivity contribution in [2.45, 2.75) is 63.3 Å². The van der Waals surface area contributed by atoms with Crippen LogP contribution in [0.15, 0.2) is 36.7 Å². The molecule has 8 nitrogen and oxygen atoms in total. The monoisotopic (exact) mass is 561 g/mol. The largest absolute Gasteiger partial charge is 0.433 e. The van der Waals surface area contributed by atoms with E-state index in [9.17, 15) is 23.1 Å². The lowest BCUT2D eigenvalue weighted by Gasteiger charge is -2.35. The van der Waals surface area contributed by atoms with Crippen molar-refractivity contribution in [2.24, 2.45) is 5.92 Å². The summed E-state index contributed by atoms with van der Waals surface area (Å²) in [4.78, 5) is 25.2. The van der Waals surface area contributed by atoms with Crippen molar-refractivity contribution in [1.82, 2.24) is 20.3 Å². The Kier molecular flexibility index (Phi) is 7.88. The fraction of sp³-hybridized carbons (Fsp3) is 0.481. The van der Waals surface area contributed by atoms with Crippen LogP contribution >= 0.6 is 11.3 Å². The summed E-state index contributed by atoms with van der Waals surface area (Å²) < 4.78 is 44.4. The number of nitrogens with zero attached hydrogens (tertiary/aromatic N) is 3. The first-order valence-corrected chi connectivity index (χ1v) is 13.7. The molecule has 1 atom stereocenters. The van der Waals surface area contributed by atoms with Crippen molar-refractivity contribution < 1.29 is 27.8 Å². The molecule has 39 heavy (non-hydrogen) atoms. The molecule has 1 unspecified atom stereocenters. The number of hydrogen-bond acceptors (Lipinski definition) is 8. The number of benzene rings is 1. The number of carbonyl (C=O) groups excluding carboxylic acids is 1. The summed E-state index contributed by atoms with van der Waals surface area (Å²) in [6.07, 6.45) is 1.90. The minimum atomic E-state index is -4.56. The molecule has 1 saturated carbocycles. The molecule has 3 aromatic rings. The third-order valence-corrected chi connectivity index (χ3v) is 8.38. The number of nitrogens with one attached hydrogen (secondary N) is 2. The number of halogens is 3. The minimum Gasteiger partial charge on any atom is -0.383 e. The molecule has 2 fully saturated rings. The van der Waals surface area contributed by atoms with Crippen LogP contribution in [0.4, 0.5) is 24.8 Å². The molecule has 2 aromatic heterocycles. The maximum absolute atomic E-state index is 13.0. The van der Waals surface area contributed by atoms with Gasteiger partial charge in [0, 0.05) is 43.8 Å². The fourth-order valence-electron chi connectivity index (χ4n) is 5.07. The van der Waals surface area contributed by atoms with Gasteiger partial charge in [0.05, 0.1) is 4.88 Å². The second-order valence-corrected chi connectivity index (χ2v) is 11.3. The van der Waals surface area contributed by atoms with Gasteiger partial charge in [-0.1, -0.05) is 6.07 Å². The van der Waals surface area contributed by atoms with E-state index in [1.807, 2.05) is 13.0 Å². The molecule has 3 N–H and O–H groups in total. The van der Waals surface area contributed by atoms with Crippen molar-refractivity contribution in [3.05, 3.63) is 52.9 Å². The van der Waals surface area contributed by atoms with Crippen LogP contribution in [0.2, 0.25) is 0 Å². The summed E-state index contributed by atoms with van der Waals surface area (Å²) in [7, 11) is 0. The Morgan fingerprint density at radius 1 is 1.21 bits per heavy atom. The summed E-state index contributed by atoms with van der Waals surface area (Å²) >= 11 is 1.39. The van der Waals surface area contributed by atoms with Gasteiger partial charge in [-0.25, -0.2) is 15.0 Å². The molecule has 12 heteroatoms. The number of carbonyl (C=O) groups is 1. The first-order chi connectivity index (χ1) is 18.6. The van der Waals surface area contributed by atoms with E-state index >= 15 is 0 Å². The van der Waals surface area contributed by atoms with Gasteiger partial charge in [0.1, 0.15) is 16.3 Å². The van der Waals surface area contributed by atoms with Crippen molar-refractivity contribution in [3.63, 3.8) is 0 Å². The minimum absolute atomic E-state index is 0.0306. The van der Waals surface area contributed by atoms with Gasteiger partial charge in [-0.2, -0.15) is 13.2 Å². The highest BCUT2D eigenvalue weighted by Gasteiger charge is 2.38. The number of aryl methyl sites for hydroxylation is 1. The molecule has 0 radical (unpaired) electrons. The Morgan fingerprint density at radius 3 is 2.72 bits per heavy atom. The van der Waals surface area contributed by atoms with E-state index in [1.54, 1.807) is 18.3 Å². The van der Waals surface area contributed by atoms with Gasteiger partial charge in [0.15, 0.2) is 0 Å². The summed E-state index contributed by atoms with van der Waals surface area (Å²) in [6.45, 7) is 3.24. The van der Waals surface area contributed by atoms with Crippen LogP contribution in [0, 0.1) is 12.8 Å². The number of hydrogen-bond donors (Lipinski definition) is 3. The molecule has 3 heterocycles. The molecule has 1 aliphatic carbocycles. The quantitative estimate of drug-likeness (QED) is 0.357. The number of thiazole rings is 1. The standard InChI is InChI=1S/C27H30F3N5O3S/c1-16-10-18(13-20(11-16)34-25-31-8-4-22(35-25)27(28,29)30)21-14-32-24(39-21)26(37)6-2-19(3-7-26)33-23(36)12-17-5-9-38-15-17/h4,8,10-11,13-14,17,19,37H,2-3,5-7,9,12,15H2,1H3,(H,33,36)(H,31,34,35)/t17?,19-,26+. The molecular weight excluding hydrogens is 531 g/mol. The van der Waals surface area contributed by atoms with E-state index in [0.29, 0.717) is 49.4 Å². The molecule has 208 valence electrons. The SMILES string of the molecule is Cc1cc(Nc2nccc(C(F)(F)F)n2)cc(-c2cnc([C@]3(O)CC[C@@H](NC(=O)CC4CCOC4)CC3)s2)c1. The third-order valence-electron chi connectivity index (χ3n) is 7.14. The molecule has 1 aliphatic heterocycles. The van der Waals surface area contributed by atoms with Crippen molar-refractivity contribution in [1.29, 1.82) is 0 Å². The van der Waals surface area contributed by atoms with Crippen LogP contribution in [0.5, 0.6) is 0 Å². The van der Waals surface area contributed by atoms with Gasteiger partial charge < -0.3 is 20.5 Å². The highest BCUT2D eigenvalue weighted by molar-refractivity contribution is 7.15. The highest BCUT2D eigenvalue weighted by Crippen LogP contribution is 2.41. The Bertz CT molecular complexity index is 1320. The number of rotatable bonds is 7. The number of anilines is 2. The zero-order valence-electron chi connectivity index (χ0n) is 21.4. The Hall–Kier alpha value is -3.09. The Balaban J connectivity index is 1.23. The zero-order chi connectivity index (χ0) is 27.6. The van der Waals surface area contributed by atoms with Crippen LogP contribution in [0.3, 0.4) is 0 Å². The summed E-state index contributed by atoms with van der Waals surface area (Å²) in [5.74, 6) is 0.173. The maximum atomic E-state index is 13.0. The van der Waals surface area contributed by atoms with Crippen LogP contribution in [-0.2, 0) is 21.3 Å². The van der Waals surface area contributed by atoms with Crippen LogP contribution in [0.1, 0.15) is 54.8 Å². The van der Waals surface area contributed by atoms with Crippen LogP contribution in [-0.4, -0.2) is 45.2 Å².